The fourth-order valence-electron chi connectivity index (χ4n) is 1.70. The Morgan fingerprint density at radius 3 is 2.61 bits per heavy atom. The molecule has 1 aromatic rings. The minimum absolute atomic E-state index is 0.0785. The number of benzene rings is 1. The van der Waals surface area contributed by atoms with Crippen LogP contribution in [0.4, 0.5) is 0 Å². The Labute approximate surface area is 109 Å². The van der Waals surface area contributed by atoms with Crippen LogP contribution in [-0.2, 0) is 16.6 Å². The molecule has 0 heterocycles. The average molecular weight is 266 g/mol. The van der Waals surface area contributed by atoms with Gasteiger partial charge in [-0.15, -0.1) is 6.42 Å². The van der Waals surface area contributed by atoms with Crippen LogP contribution in [0.2, 0.25) is 0 Å². The van der Waals surface area contributed by atoms with Crippen LogP contribution in [0.1, 0.15) is 18.9 Å². The van der Waals surface area contributed by atoms with E-state index in [1.807, 2.05) is 6.92 Å². The third-order valence-electron chi connectivity index (χ3n) is 2.55. The van der Waals surface area contributed by atoms with Crippen LogP contribution in [0.25, 0.3) is 0 Å². The summed E-state index contributed by atoms with van der Waals surface area (Å²) in [6.07, 6.45) is 5.94. The lowest BCUT2D eigenvalue weighted by atomic mass is 10.2. The summed E-state index contributed by atoms with van der Waals surface area (Å²) in [7, 11) is -3.56. The Morgan fingerprint density at radius 2 is 2.06 bits per heavy atom. The van der Waals surface area contributed by atoms with Crippen LogP contribution < -0.4 is 5.73 Å². The molecule has 0 radical (unpaired) electrons. The fourth-order valence-corrected chi connectivity index (χ4v) is 3.38. The molecule has 98 valence electrons. The maximum absolute atomic E-state index is 12.5. The minimum atomic E-state index is -3.56. The van der Waals surface area contributed by atoms with Crippen molar-refractivity contribution in [3.8, 4) is 12.3 Å². The van der Waals surface area contributed by atoms with Gasteiger partial charge in [0.2, 0.25) is 10.0 Å². The van der Waals surface area contributed by atoms with E-state index in [0.717, 1.165) is 0 Å². The van der Waals surface area contributed by atoms with Crippen molar-refractivity contribution in [3.05, 3.63) is 29.8 Å². The summed E-state index contributed by atoms with van der Waals surface area (Å²) in [6.45, 7) is 2.58. The van der Waals surface area contributed by atoms with Gasteiger partial charge >= 0.3 is 0 Å². The van der Waals surface area contributed by atoms with E-state index in [-0.39, 0.29) is 18.0 Å². The maximum atomic E-state index is 12.5. The van der Waals surface area contributed by atoms with Crippen molar-refractivity contribution >= 4 is 10.0 Å². The van der Waals surface area contributed by atoms with Gasteiger partial charge in [0.15, 0.2) is 0 Å². The number of rotatable bonds is 6. The molecular formula is C13H18N2O2S. The second kappa shape index (κ2) is 6.55. The Hall–Kier alpha value is -1.35. The molecule has 0 fully saturated rings. The molecule has 0 amide bonds. The van der Waals surface area contributed by atoms with Gasteiger partial charge in [-0.25, -0.2) is 8.42 Å². The van der Waals surface area contributed by atoms with E-state index in [9.17, 15) is 8.42 Å². The minimum Gasteiger partial charge on any atom is -0.326 e. The topological polar surface area (TPSA) is 63.4 Å². The first kappa shape index (κ1) is 14.7. The van der Waals surface area contributed by atoms with Gasteiger partial charge in [0.25, 0.3) is 0 Å². The van der Waals surface area contributed by atoms with Gasteiger partial charge in [0.05, 0.1) is 11.4 Å². The number of nitrogens with two attached hydrogens (primary N) is 1. The van der Waals surface area contributed by atoms with Crippen LogP contribution in [0.3, 0.4) is 0 Å². The zero-order valence-electron chi connectivity index (χ0n) is 10.5. The number of hydrogen-bond acceptors (Lipinski definition) is 3. The highest BCUT2D eigenvalue weighted by atomic mass is 32.2. The van der Waals surface area contributed by atoms with E-state index in [2.05, 4.69) is 5.92 Å². The predicted molar refractivity (Wildman–Crippen MR) is 72.2 cm³/mol. The van der Waals surface area contributed by atoms with Gasteiger partial charge in [-0.1, -0.05) is 31.0 Å². The van der Waals surface area contributed by atoms with Gasteiger partial charge in [0, 0.05) is 13.1 Å². The first-order valence-corrected chi connectivity index (χ1v) is 7.23. The number of nitrogens with zero attached hydrogens (tertiary/aromatic N) is 1. The lowest BCUT2D eigenvalue weighted by Gasteiger charge is -2.20. The van der Waals surface area contributed by atoms with E-state index in [1.54, 1.807) is 24.3 Å². The van der Waals surface area contributed by atoms with E-state index < -0.39 is 10.0 Å². The van der Waals surface area contributed by atoms with Crippen LogP contribution in [0.15, 0.2) is 29.2 Å². The molecule has 5 heteroatoms. The Balaban J connectivity index is 3.22. The molecule has 0 aliphatic carbocycles. The molecule has 0 bridgehead atoms. The summed E-state index contributed by atoms with van der Waals surface area (Å²) >= 11 is 0. The highest BCUT2D eigenvalue weighted by Crippen LogP contribution is 2.19. The molecule has 0 aliphatic heterocycles. The first-order valence-electron chi connectivity index (χ1n) is 5.79. The smallest absolute Gasteiger partial charge is 0.244 e. The Morgan fingerprint density at radius 1 is 1.39 bits per heavy atom. The monoisotopic (exact) mass is 266 g/mol. The van der Waals surface area contributed by atoms with Crippen molar-refractivity contribution in [2.24, 2.45) is 5.73 Å². The van der Waals surface area contributed by atoms with Gasteiger partial charge in [-0.05, 0) is 18.1 Å². The van der Waals surface area contributed by atoms with Crippen molar-refractivity contribution in [1.29, 1.82) is 0 Å². The zero-order chi connectivity index (χ0) is 13.6. The third kappa shape index (κ3) is 3.10. The van der Waals surface area contributed by atoms with Crippen molar-refractivity contribution in [2.75, 3.05) is 13.1 Å². The third-order valence-corrected chi connectivity index (χ3v) is 4.50. The summed E-state index contributed by atoms with van der Waals surface area (Å²) in [5.74, 6) is 2.38. The standard InChI is InChI=1S/C13H18N2O2S/c1-3-9-15(10-4-2)18(16,17)13-8-6-5-7-12(13)11-14/h1,5-8H,4,9-11,14H2,2H3. The summed E-state index contributed by atoms with van der Waals surface area (Å²) in [4.78, 5) is 0.246. The van der Waals surface area contributed by atoms with Crippen molar-refractivity contribution in [2.45, 2.75) is 24.8 Å². The second-order valence-electron chi connectivity index (χ2n) is 3.85. The summed E-state index contributed by atoms with van der Waals surface area (Å²) in [5.41, 5.74) is 6.18. The Kier molecular flexibility index (Phi) is 5.35. The molecule has 0 aromatic heterocycles. The second-order valence-corrected chi connectivity index (χ2v) is 5.76. The summed E-state index contributed by atoms with van der Waals surface area (Å²) in [6, 6.07) is 6.74. The quantitative estimate of drug-likeness (QED) is 0.786. The van der Waals surface area contributed by atoms with E-state index >= 15 is 0 Å². The molecule has 0 aliphatic rings. The van der Waals surface area contributed by atoms with Gasteiger partial charge in [-0.3, -0.25) is 0 Å². The summed E-state index contributed by atoms with van der Waals surface area (Å²) in [5, 5.41) is 0. The van der Waals surface area contributed by atoms with Gasteiger partial charge in [0.1, 0.15) is 0 Å². The maximum Gasteiger partial charge on any atom is 0.244 e. The van der Waals surface area contributed by atoms with Crippen molar-refractivity contribution < 1.29 is 8.42 Å². The van der Waals surface area contributed by atoms with E-state index in [0.29, 0.717) is 18.5 Å². The molecule has 0 saturated carbocycles. The molecule has 4 nitrogen and oxygen atoms in total. The normalized spacial score (nSPS) is 11.4. The lowest BCUT2D eigenvalue weighted by Crippen LogP contribution is -2.33. The van der Waals surface area contributed by atoms with Gasteiger partial charge in [-0.2, -0.15) is 4.31 Å². The molecule has 0 unspecified atom stereocenters. The SMILES string of the molecule is C#CCN(CCC)S(=O)(=O)c1ccccc1CN. The summed E-state index contributed by atoms with van der Waals surface area (Å²) < 4.78 is 26.2. The zero-order valence-corrected chi connectivity index (χ0v) is 11.3. The predicted octanol–water partition coefficient (Wildman–Crippen LogP) is 1.18. The van der Waals surface area contributed by atoms with Crippen LogP contribution in [-0.4, -0.2) is 25.8 Å². The fraction of sp³-hybridized carbons (Fsp3) is 0.385. The molecule has 0 saturated heterocycles. The molecule has 1 aromatic carbocycles. The number of terminal acetylenes is 1. The molecule has 0 atom stereocenters. The Bertz CT molecular complexity index is 532. The average Bonchev–Trinajstić information content (AvgIpc) is 2.38. The molecule has 18 heavy (non-hydrogen) atoms. The van der Waals surface area contributed by atoms with Gasteiger partial charge < -0.3 is 5.73 Å². The molecule has 0 spiro atoms. The molecular weight excluding hydrogens is 248 g/mol. The highest BCUT2D eigenvalue weighted by Gasteiger charge is 2.24. The highest BCUT2D eigenvalue weighted by molar-refractivity contribution is 7.89. The first-order chi connectivity index (χ1) is 8.57. The largest absolute Gasteiger partial charge is 0.326 e. The van der Waals surface area contributed by atoms with Crippen molar-refractivity contribution in [1.82, 2.24) is 4.31 Å². The van der Waals surface area contributed by atoms with E-state index in [4.69, 9.17) is 12.2 Å². The molecule has 1 rings (SSSR count). The van der Waals surface area contributed by atoms with Crippen LogP contribution in [0, 0.1) is 12.3 Å². The number of hydrogen-bond donors (Lipinski definition) is 1. The lowest BCUT2D eigenvalue weighted by molar-refractivity contribution is 0.445. The van der Waals surface area contributed by atoms with E-state index in [1.165, 1.54) is 4.31 Å². The van der Waals surface area contributed by atoms with Crippen molar-refractivity contribution in [3.63, 3.8) is 0 Å². The van der Waals surface area contributed by atoms with Crippen LogP contribution in [0.5, 0.6) is 0 Å². The number of sulfonamides is 1. The van der Waals surface area contributed by atoms with Crippen LogP contribution >= 0.6 is 0 Å². The molecule has 2 N–H and O–H groups in total.